The van der Waals surface area contributed by atoms with Crippen LogP contribution in [0.5, 0.6) is 5.75 Å². The Morgan fingerprint density at radius 3 is 2.65 bits per heavy atom. The zero-order valence-corrected chi connectivity index (χ0v) is 10.5. The van der Waals surface area contributed by atoms with Gasteiger partial charge in [-0.3, -0.25) is 9.59 Å². The molecule has 92 valence electrons. The predicted molar refractivity (Wildman–Crippen MR) is 66.3 cm³/mol. The van der Waals surface area contributed by atoms with E-state index in [0.29, 0.717) is 12.2 Å². The lowest BCUT2D eigenvalue weighted by molar-refractivity contribution is -0.120. The van der Waals surface area contributed by atoms with Crippen molar-refractivity contribution >= 4 is 12.3 Å². The monoisotopic (exact) mass is 234 g/mol. The zero-order valence-electron chi connectivity index (χ0n) is 10.5. The second-order valence-electron chi connectivity index (χ2n) is 4.30. The van der Waals surface area contributed by atoms with Gasteiger partial charge < -0.3 is 4.74 Å². The van der Waals surface area contributed by atoms with Crippen LogP contribution in [0.1, 0.15) is 43.1 Å². The molecule has 0 unspecified atom stereocenters. The van der Waals surface area contributed by atoms with Crippen LogP contribution in [0.25, 0.3) is 0 Å². The number of hydrogen-bond acceptors (Lipinski definition) is 3. The number of carbonyl (C=O) groups is 2. The van der Waals surface area contributed by atoms with Crippen molar-refractivity contribution in [2.24, 2.45) is 5.92 Å². The highest BCUT2D eigenvalue weighted by atomic mass is 16.5. The summed E-state index contributed by atoms with van der Waals surface area (Å²) < 4.78 is 4.80. The van der Waals surface area contributed by atoms with Gasteiger partial charge in [0, 0.05) is 11.5 Å². The SMILES string of the molecule is CCCc1cc(OC=O)ccc1C(=O)C(C)C. The van der Waals surface area contributed by atoms with Crippen LogP contribution in [-0.2, 0) is 11.2 Å². The highest BCUT2D eigenvalue weighted by Crippen LogP contribution is 2.21. The second kappa shape index (κ2) is 6.18. The van der Waals surface area contributed by atoms with Crippen molar-refractivity contribution in [3.05, 3.63) is 29.3 Å². The average molecular weight is 234 g/mol. The Kier molecular flexibility index (Phi) is 4.88. The van der Waals surface area contributed by atoms with Gasteiger partial charge in [-0.05, 0) is 30.2 Å². The summed E-state index contributed by atoms with van der Waals surface area (Å²) in [6, 6.07) is 5.17. The summed E-state index contributed by atoms with van der Waals surface area (Å²) >= 11 is 0. The third kappa shape index (κ3) is 3.41. The quantitative estimate of drug-likeness (QED) is 0.561. The molecule has 0 fully saturated rings. The number of carbonyl (C=O) groups excluding carboxylic acids is 2. The Hall–Kier alpha value is -1.64. The number of benzene rings is 1. The van der Waals surface area contributed by atoms with E-state index >= 15 is 0 Å². The van der Waals surface area contributed by atoms with E-state index in [1.807, 2.05) is 13.8 Å². The Morgan fingerprint density at radius 2 is 2.12 bits per heavy atom. The molecular formula is C14H18O3. The van der Waals surface area contributed by atoms with Crippen LogP contribution in [0.2, 0.25) is 0 Å². The fraction of sp³-hybridized carbons (Fsp3) is 0.429. The molecule has 0 amide bonds. The highest BCUT2D eigenvalue weighted by molar-refractivity contribution is 5.98. The summed E-state index contributed by atoms with van der Waals surface area (Å²) in [4.78, 5) is 22.3. The first-order valence-electron chi connectivity index (χ1n) is 5.87. The first-order chi connectivity index (χ1) is 8.10. The molecular weight excluding hydrogens is 216 g/mol. The molecule has 0 N–H and O–H groups in total. The van der Waals surface area contributed by atoms with Gasteiger partial charge in [0.15, 0.2) is 5.78 Å². The third-order valence-corrected chi connectivity index (χ3v) is 2.57. The van der Waals surface area contributed by atoms with Gasteiger partial charge in [0.2, 0.25) is 0 Å². The summed E-state index contributed by atoms with van der Waals surface area (Å²) in [5, 5.41) is 0. The molecule has 0 bridgehead atoms. The van der Waals surface area contributed by atoms with E-state index in [4.69, 9.17) is 4.74 Å². The van der Waals surface area contributed by atoms with Crippen LogP contribution in [0.4, 0.5) is 0 Å². The van der Waals surface area contributed by atoms with Crippen molar-refractivity contribution in [2.75, 3.05) is 0 Å². The van der Waals surface area contributed by atoms with Crippen LogP contribution in [0, 0.1) is 5.92 Å². The first kappa shape index (κ1) is 13.4. The second-order valence-corrected chi connectivity index (χ2v) is 4.30. The molecule has 0 aliphatic heterocycles. The van der Waals surface area contributed by atoms with E-state index in [1.165, 1.54) is 0 Å². The van der Waals surface area contributed by atoms with Crippen molar-refractivity contribution in [2.45, 2.75) is 33.6 Å². The number of aryl methyl sites for hydroxylation is 1. The average Bonchev–Trinajstić information content (AvgIpc) is 2.29. The molecule has 0 spiro atoms. The minimum Gasteiger partial charge on any atom is -0.429 e. The molecule has 3 heteroatoms. The summed E-state index contributed by atoms with van der Waals surface area (Å²) in [7, 11) is 0. The smallest absolute Gasteiger partial charge is 0.298 e. The normalized spacial score (nSPS) is 10.4. The van der Waals surface area contributed by atoms with E-state index in [1.54, 1.807) is 18.2 Å². The molecule has 3 nitrogen and oxygen atoms in total. The minimum absolute atomic E-state index is 0.0246. The van der Waals surface area contributed by atoms with Gasteiger partial charge in [-0.15, -0.1) is 0 Å². The fourth-order valence-electron chi connectivity index (χ4n) is 1.73. The van der Waals surface area contributed by atoms with E-state index in [-0.39, 0.29) is 11.7 Å². The molecule has 0 aliphatic carbocycles. The minimum atomic E-state index is -0.0246. The van der Waals surface area contributed by atoms with Crippen molar-refractivity contribution in [3.8, 4) is 5.75 Å². The maximum atomic E-state index is 12.0. The van der Waals surface area contributed by atoms with Crippen LogP contribution in [0.15, 0.2) is 18.2 Å². The molecule has 0 aliphatic rings. The van der Waals surface area contributed by atoms with Gasteiger partial charge in [-0.25, -0.2) is 0 Å². The molecule has 1 aromatic rings. The molecule has 0 saturated carbocycles. The van der Waals surface area contributed by atoms with Gasteiger partial charge in [-0.2, -0.15) is 0 Å². The maximum absolute atomic E-state index is 12.0. The van der Waals surface area contributed by atoms with Crippen LogP contribution in [0.3, 0.4) is 0 Å². The van der Waals surface area contributed by atoms with E-state index < -0.39 is 0 Å². The van der Waals surface area contributed by atoms with Crippen molar-refractivity contribution in [3.63, 3.8) is 0 Å². The first-order valence-corrected chi connectivity index (χ1v) is 5.87. The standard InChI is InChI=1S/C14H18O3/c1-4-5-11-8-12(17-9-15)6-7-13(11)14(16)10(2)3/h6-10H,4-5H2,1-3H3. The summed E-state index contributed by atoms with van der Waals surface area (Å²) in [5.41, 5.74) is 1.69. The van der Waals surface area contributed by atoms with Crippen LogP contribution >= 0.6 is 0 Å². The Bertz CT molecular complexity index is 408. The molecule has 0 saturated heterocycles. The lowest BCUT2D eigenvalue weighted by Crippen LogP contribution is -2.10. The van der Waals surface area contributed by atoms with Gasteiger partial charge in [0.25, 0.3) is 6.47 Å². The molecule has 0 aromatic heterocycles. The van der Waals surface area contributed by atoms with E-state index in [0.717, 1.165) is 24.0 Å². The summed E-state index contributed by atoms with van der Waals surface area (Å²) in [6.45, 7) is 6.22. The van der Waals surface area contributed by atoms with Crippen molar-refractivity contribution < 1.29 is 14.3 Å². The van der Waals surface area contributed by atoms with Crippen LogP contribution in [-0.4, -0.2) is 12.3 Å². The number of ketones is 1. The number of ether oxygens (including phenoxy) is 1. The van der Waals surface area contributed by atoms with Gasteiger partial charge in [-0.1, -0.05) is 27.2 Å². The largest absolute Gasteiger partial charge is 0.429 e. The van der Waals surface area contributed by atoms with Crippen molar-refractivity contribution in [1.29, 1.82) is 0 Å². The van der Waals surface area contributed by atoms with Crippen LogP contribution < -0.4 is 4.74 Å². The molecule has 1 rings (SSSR count). The Balaban J connectivity index is 3.11. The fourth-order valence-corrected chi connectivity index (χ4v) is 1.73. The topological polar surface area (TPSA) is 43.4 Å². The molecule has 17 heavy (non-hydrogen) atoms. The van der Waals surface area contributed by atoms with Gasteiger partial charge >= 0.3 is 0 Å². The third-order valence-electron chi connectivity index (χ3n) is 2.57. The molecule has 0 atom stereocenters. The van der Waals surface area contributed by atoms with Gasteiger partial charge in [0.1, 0.15) is 5.75 Å². The van der Waals surface area contributed by atoms with Gasteiger partial charge in [0.05, 0.1) is 0 Å². The molecule has 1 aromatic carbocycles. The molecule has 0 heterocycles. The van der Waals surface area contributed by atoms with E-state index in [2.05, 4.69) is 6.92 Å². The Labute approximate surface area is 102 Å². The predicted octanol–water partition coefficient (Wildman–Crippen LogP) is 3.01. The maximum Gasteiger partial charge on any atom is 0.298 e. The lowest BCUT2D eigenvalue weighted by atomic mass is 9.94. The number of hydrogen-bond donors (Lipinski definition) is 0. The lowest BCUT2D eigenvalue weighted by Gasteiger charge is -2.11. The summed E-state index contributed by atoms with van der Waals surface area (Å²) in [6.07, 6.45) is 1.76. The van der Waals surface area contributed by atoms with Crippen molar-refractivity contribution in [1.82, 2.24) is 0 Å². The summed E-state index contributed by atoms with van der Waals surface area (Å²) in [5.74, 6) is 0.596. The Morgan fingerprint density at radius 1 is 1.41 bits per heavy atom. The highest BCUT2D eigenvalue weighted by Gasteiger charge is 2.15. The zero-order chi connectivity index (χ0) is 12.8. The number of rotatable bonds is 6. The molecule has 0 radical (unpaired) electrons. The number of Topliss-reactive ketones (excluding diaryl/α,β-unsaturated/α-hetero) is 1. The van der Waals surface area contributed by atoms with E-state index in [9.17, 15) is 9.59 Å².